The maximum Gasteiger partial charge on any atom is 0.0218 e. The van der Waals surface area contributed by atoms with Gasteiger partial charge in [-0.05, 0) is 25.9 Å². The van der Waals surface area contributed by atoms with Crippen molar-refractivity contribution in [3.05, 3.63) is 0 Å². The second-order valence-corrected chi connectivity index (χ2v) is 2.66. The summed E-state index contributed by atoms with van der Waals surface area (Å²) in [5.74, 6) is 0. The highest BCUT2D eigenvalue weighted by atomic mass is 15.2. The van der Waals surface area contributed by atoms with E-state index in [0.717, 1.165) is 6.54 Å². The summed E-state index contributed by atoms with van der Waals surface area (Å²) >= 11 is 0. The van der Waals surface area contributed by atoms with Gasteiger partial charge in [0.15, 0.2) is 0 Å². The molecule has 1 rings (SSSR count). The minimum Gasteiger partial charge on any atom is -0.329 e. The van der Waals surface area contributed by atoms with Crippen LogP contribution >= 0.6 is 0 Å². The number of nitrogens with two attached hydrogens (primary N) is 1. The Kier molecular flexibility index (Phi) is 2.49. The molecule has 0 saturated carbocycles. The molecule has 1 heterocycles. The van der Waals surface area contributed by atoms with Crippen LogP contribution in [-0.2, 0) is 0 Å². The first kappa shape index (κ1) is 7.03. The molecule has 2 nitrogen and oxygen atoms in total. The van der Waals surface area contributed by atoms with E-state index >= 15 is 0 Å². The van der Waals surface area contributed by atoms with Crippen LogP contribution in [0.1, 0.15) is 21.2 Å². The molecule has 2 N–H and O–H groups in total. The van der Waals surface area contributed by atoms with Crippen LogP contribution < -0.4 is 5.73 Å². The number of likely N-dealkylation sites (tertiary alicyclic amines) is 1. The summed E-state index contributed by atoms with van der Waals surface area (Å²) in [6.07, 6.45) is 2.65. The maximum absolute atomic E-state index is 5.56. The molecule has 56 valence electrons. The summed E-state index contributed by atoms with van der Waals surface area (Å²) in [6, 6.07) is 0.690. The van der Waals surface area contributed by atoms with E-state index < -0.39 is 0 Å². The maximum atomic E-state index is 5.56. The average molecular weight is 130 g/mol. The Balaban J connectivity index is 0.000000810. The molecular formula is C7H18N2. The Hall–Kier alpha value is -0.0800. The second kappa shape index (κ2) is 3.18. The molecule has 1 fully saturated rings. The molecule has 1 aliphatic heterocycles. The van der Waals surface area contributed by atoms with Crippen molar-refractivity contribution in [2.45, 2.75) is 25.8 Å². The molecule has 2 heteroatoms. The van der Waals surface area contributed by atoms with Crippen molar-refractivity contribution in [2.24, 2.45) is 5.73 Å². The van der Waals surface area contributed by atoms with Gasteiger partial charge in [-0.15, -0.1) is 0 Å². The van der Waals surface area contributed by atoms with E-state index in [-0.39, 0.29) is 1.43 Å². The molecule has 0 aromatic rings. The molecular weight excluding hydrogens is 112 g/mol. The van der Waals surface area contributed by atoms with Gasteiger partial charge in [-0.3, -0.25) is 4.90 Å². The van der Waals surface area contributed by atoms with E-state index in [1.54, 1.807) is 0 Å². The lowest BCUT2D eigenvalue weighted by Gasteiger charge is -2.20. The monoisotopic (exact) mass is 130 g/mol. The minimum absolute atomic E-state index is 0. The van der Waals surface area contributed by atoms with Crippen molar-refractivity contribution >= 4 is 0 Å². The molecule has 1 atom stereocenters. The van der Waals surface area contributed by atoms with E-state index in [1.165, 1.54) is 25.9 Å². The van der Waals surface area contributed by atoms with Crippen LogP contribution in [0.2, 0.25) is 0 Å². The van der Waals surface area contributed by atoms with E-state index in [4.69, 9.17) is 5.73 Å². The van der Waals surface area contributed by atoms with Gasteiger partial charge in [0.1, 0.15) is 0 Å². The summed E-state index contributed by atoms with van der Waals surface area (Å²) in [5.41, 5.74) is 5.56. The quantitative estimate of drug-likeness (QED) is 0.595. The van der Waals surface area contributed by atoms with Gasteiger partial charge >= 0.3 is 0 Å². The summed E-state index contributed by atoms with van der Waals surface area (Å²) in [6.45, 7) is 5.47. The third-order valence-corrected chi connectivity index (χ3v) is 2.18. The lowest BCUT2D eigenvalue weighted by Crippen LogP contribution is -2.34. The highest BCUT2D eigenvalue weighted by Crippen LogP contribution is 2.14. The number of hydrogen-bond acceptors (Lipinski definition) is 2. The molecule has 0 amide bonds. The third kappa shape index (κ3) is 1.43. The number of likely N-dealkylation sites (N-methyl/N-ethyl adjacent to an activating group) is 1. The van der Waals surface area contributed by atoms with Crippen LogP contribution in [0.3, 0.4) is 0 Å². The highest BCUT2D eigenvalue weighted by Gasteiger charge is 2.20. The van der Waals surface area contributed by atoms with Crippen LogP contribution in [0.5, 0.6) is 0 Å². The van der Waals surface area contributed by atoms with Crippen molar-refractivity contribution in [2.75, 3.05) is 19.6 Å². The van der Waals surface area contributed by atoms with Crippen LogP contribution in [0, 0.1) is 0 Å². The van der Waals surface area contributed by atoms with Crippen LogP contribution in [0.25, 0.3) is 0 Å². The van der Waals surface area contributed by atoms with Gasteiger partial charge in [-0.2, -0.15) is 0 Å². The highest BCUT2D eigenvalue weighted by molar-refractivity contribution is 4.78. The molecule has 0 radical (unpaired) electrons. The number of nitrogens with zero attached hydrogens (tertiary/aromatic N) is 1. The Bertz CT molecular complexity index is 77.7. The fraction of sp³-hybridized carbons (Fsp3) is 1.00. The van der Waals surface area contributed by atoms with E-state index in [1.807, 2.05) is 0 Å². The molecule has 1 aliphatic rings. The molecule has 0 aromatic carbocycles. The summed E-state index contributed by atoms with van der Waals surface area (Å²) < 4.78 is 0. The van der Waals surface area contributed by atoms with E-state index in [9.17, 15) is 0 Å². The Morgan fingerprint density at radius 2 is 2.56 bits per heavy atom. The Labute approximate surface area is 58.5 Å². The van der Waals surface area contributed by atoms with Crippen LogP contribution in [0.15, 0.2) is 0 Å². The van der Waals surface area contributed by atoms with Gasteiger partial charge in [0.05, 0.1) is 0 Å². The summed E-state index contributed by atoms with van der Waals surface area (Å²) in [4.78, 5) is 2.46. The zero-order valence-electron chi connectivity index (χ0n) is 6.14. The van der Waals surface area contributed by atoms with E-state index in [0.29, 0.717) is 6.04 Å². The minimum atomic E-state index is 0. The summed E-state index contributed by atoms with van der Waals surface area (Å²) in [7, 11) is 0. The van der Waals surface area contributed by atoms with Crippen molar-refractivity contribution in [1.29, 1.82) is 0 Å². The van der Waals surface area contributed by atoms with Gasteiger partial charge in [0.2, 0.25) is 0 Å². The first-order valence-corrected chi connectivity index (χ1v) is 3.82. The van der Waals surface area contributed by atoms with Gasteiger partial charge in [0.25, 0.3) is 0 Å². The van der Waals surface area contributed by atoms with Crippen LogP contribution in [-0.4, -0.2) is 30.6 Å². The number of hydrogen-bond donors (Lipinski definition) is 1. The lowest BCUT2D eigenvalue weighted by atomic mass is 10.2. The normalized spacial score (nSPS) is 29.3. The second-order valence-electron chi connectivity index (χ2n) is 2.66. The zero-order valence-corrected chi connectivity index (χ0v) is 6.14. The molecule has 1 unspecified atom stereocenters. The van der Waals surface area contributed by atoms with Crippen LogP contribution in [0.4, 0.5) is 0 Å². The molecule has 9 heavy (non-hydrogen) atoms. The lowest BCUT2D eigenvalue weighted by molar-refractivity contribution is 0.272. The third-order valence-electron chi connectivity index (χ3n) is 2.18. The van der Waals surface area contributed by atoms with Crippen molar-refractivity contribution in [3.63, 3.8) is 0 Å². The topological polar surface area (TPSA) is 29.3 Å². The van der Waals surface area contributed by atoms with Crippen molar-refractivity contribution in [3.8, 4) is 0 Å². The first-order valence-electron chi connectivity index (χ1n) is 3.82. The molecule has 0 aromatic heterocycles. The predicted molar refractivity (Wildman–Crippen MR) is 41.4 cm³/mol. The molecule has 0 bridgehead atoms. The van der Waals surface area contributed by atoms with Gasteiger partial charge in [-0.25, -0.2) is 0 Å². The molecule has 0 spiro atoms. The summed E-state index contributed by atoms with van der Waals surface area (Å²) in [5, 5.41) is 0. The van der Waals surface area contributed by atoms with Gasteiger partial charge in [-0.1, -0.05) is 6.92 Å². The Morgan fingerprint density at radius 1 is 1.78 bits per heavy atom. The largest absolute Gasteiger partial charge is 0.329 e. The average Bonchev–Trinajstić information content (AvgIpc) is 2.33. The fourth-order valence-corrected chi connectivity index (χ4v) is 1.58. The standard InChI is InChI=1S/C7H16N2.H2/c1-2-9-5-3-4-7(9)6-8;/h7H,2-6,8H2,1H3;1H. The zero-order chi connectivity index (χ0) is 6.69. The molecule has 1 saturated heterocycles. The molecule has 0 aliphatic carbocycles. The number of rotatable bonds is 2. The predicted octanol–water partition coefficient (Wildman–Crippen LogP) is 0.675. The first-order chi connectivity index (χ1) is 4.38. The van der Waals surface area contributed by atoms with E-state index in [2.05, 4.69) is 11.8 Å². The van der Waals surface area contributed by atoms with Crippen molar-refractivity contribution in [1.82, 2.24) is 4.90 Å². The fourth-order valence-electron chi connectivity index (χ4n) is 1.58. The Morgan fingerprint density at radius 3 is 3.00 bits per heavy atom. The van der Waals surface area contributed by atoms with Gasteiger partial charge in [0, 0.05) is 14.0 Å². The van der Waals surface area contributed by atoms with Gasteiger partial charge < -0.3 is 5.73 Å². The SMILES string of the molecule is CCN1CCCC1CN.[HH]. The van der Waals surface area contributed by atoms with Crippen molar-refractivity contribution < 1.29 is 1.43 Å². The smallest absolute Gasteiger partial charge is 0.0218 e.